The van der Waals surface area contributed by atoms with E-state index < -0.39 is 89.1 Å². The Bertz CT molecular complexity index is 2720. The third-order valence-corrected chi connectivity index (χ3v) is 13.2. The number of rotatable bonds is 33. The summed E-state index contributed by atoms with van der Waals surface area (Å²) < 4.78 is 35.3. The Morgan fingerprint density at radius 1 is 0.598 bits per heavy atom. The van der Waals surface area contributed by atoms with Gasteiger partial charge in [0, 0.05) is 116 Å². The largest absolute Gasteiger partial charge is 0.508 e. The number of aromatic hydroxyl groups is 1. The van der Waals surface area contributed by atoms with Crippen LogP contribution in [0.15, 0.2) is 71.7 Å². The summed E-state index contributed by atoms with van der Waals surface area (Å²) in [5.74, 6) is -8.84. The number of carbonyl (C=O) groups excluding carboxylic acids is 6. The summed E-state index contributed by atoms with van der Waals surface area (Å²) >= 11 is 0. The number of phenolic OH excluding ortho intramolecular Hbond substituents is 1. The van der Waals surface area contributed by atoms with Crippen LogP contribution in [0.5, 0.6) is 11.5 Å². The highest BCUT2D eigenvalue weighted by atomic mass is 19.1. The van der Waals surface area contributed by atoms with Crippen LogP contribution in [0.3, 0.4) is 0 Å². The zero-order valence-electron chi connectivity index (χ0n) is 48.5. The molecule has 0 saturated carbocycles. The standard InChI is InChI=1S/C56H80F2N14O15/c1-2-46(74)60-17-18-64-55(84)67-54(59)62-16-9-14-45(52(82)65-33-42-43(57)31-40(73)32-44(42)58)66-53(83)51(38-10-4-3-5-11-38)39-12-8-13-41(30-39)86-28-7-6-15-63-56(85)68-87-29-19-61-47(75)34-69-20-22-70(35-48(76)77)24-26-72(37-50(80)81)27-25-71(23-21-69)36-49(78)79/h3-5,8,10-13,30-32,45,51,73H,2,6-7,9,14-29,33-37H2,1H3,(H,60,74)(H,61,75)(H,65,82)(H,66,83)(H,76,77)(H,78,79)(H,80,81)(H2,63,68,85)(H4,59,62,64,67,84)/t45-,51-/m1/s1. The minimum Gasteiger partial charge on any atom is -0.508 e. The van der Waals surface area contributed by atoms with Gasteiger partial charge < -0.3 is 68.1 Å². The van der Waals surface area contributed by atoms with Crippen LogP contribution in [0.4, 0.5) is 18.4 Å². The van der Waals surface area contributed by atoms with E-state index >= 15 is 0 Å². The summed E-state index contributed by atoms with van der Waals surface area (Å²) in [4.78, 5) is 128. The van der Waals surface area contributed by atoms with E-state index in [0.29, 0.717) is 41.9 Å². The van der Waals surface area contributed by atoms with Crippen molar-refractivity contribution in [1.82, 2.24) is 62.3 Å². The van der Waals surface area contributed by atoms with Crippen LogP contribution in [0.1, 0.15) is 61.6 Å². The maximum absolute atomic E-state index is 14.7. The second kappa shape index (κ2) is 39.0. The molecule has 478 valence electrons. The summed E-state index contributed by atoms with van der Waals surface area (Å²) in [5, 5.41) is 56.4. The van der Waals surface area contributed by atoms with E-state index in [1.807, 2.05) is 0 Å². The van der Waals surface area contributed by atoms with Gasteiger partial charge in [0.15, 0.2) is 5.96 Å². The van der Waals surface area contributed by atoms with Gasteiger partial charge in [0.05, 0.1) is 45.3 Å². The van der Waals surface area contributed by atoms with Gasteiger partial charge in [-0.3, -0.25) is 58.0 Å². The van der Waals surface area contributed by atoms with E-state index in [0.717, 1.165) is 0 Å². The molecule has 0 radical (unpaired) electrons. The van der Waals surface area contributed by atoms with Crippen LogP contribution >= 0.6 is 0 Å². The number of hydroxylamine groups is 1. The van der Waals surface area contributed by atoms with Crippen molar-refractivity contribution in [2.45, 2.75) is 57.5 Å². The number of aliphatic carboxylic acids is 3. The lowest BCUT2D eigenvalue weighted by molar-refractivity contribution is -0.140. The highest BCUT2D eigenvalue weighted by molar-refractivity contribution is 5.93. The molecule has 1 aliphatic rings. The molecule has 0 unspecified atom stereocenters. The van der Waals surface area contributed by atoms with E-state index in [9.17, 15) is 72.4 Å². The normalized spacial score (nSPS) is 14.6. The molecule has 31 heteroatoms. The number of hydrogen-bond donors (Lipinski definition) is 13. The fraction of sp³-hybridized carbons (Fsp3) is 0.500. The Labute approximate surface area is 501 Å². The van der Waals surface area contributed by atoms with Gasteiger partial charge >= 0.3 is 30.0 Å². The molecule has 1 fully saturated rings. The molecule has 0 aromatic heterocycles. The molecule has 1 aliphatic heterocycles. The van der Waals surface area contributed by atoms with Gasteiger partial charge in [0.2, 0.25) is 23.6 Å². The van der Waals surface area contributed by atoms with E-state index in [1.165, 1.54) is 0 Å². The summed E-state index contributed by atoms with van der Waals surface area (Å²) in [6.07, 6.45) is 1.40. The van der Waals surface area contributed by atoms with E-state index in [-0.39, 0.29) is 156 Å². The van der Waals surface area contributed by atoms with Crippen LogP contribution in [-0.2, 0) is 44.9 Å². The maximum atomic E-state index is 14.7. The molecule has 8 amide bonds. The van der Waals surface area contributed by atoms with Crippen molar-refractivity contribution in [3.8, 4) is 11.5 Å². The molecule has 3 aromatic rings. The highest BCUT2D eigenvalue weighted by Crippen LogP contribution is 2.28. The Kier molecular flexibility index (Phi) is 31.7. The molecular formula is C56H80F2N14O15. The quantitative estimate of drug-likeness (QED) is 0.0158. The van der Waals surface area contributed by atoms with Gasteiger partial charge in [-0.2, -0.15) is 4.99 Å². The number of nitrogens with zero attached hydrogens (tertiary/aromatic N) is 5. The smallest absolute Gasteiger partial charge is 0.344 e. The Balaban J connectivity index is 1.26. The number of carbonyl (C=O) groups is 9. The first-order valence-electron chi connectivity index (χ1n) is 28.3. The number of amides is 8. The molecule has 0 aliphatic carbocycles. The lowest BCUT2D eigenvalue weighted by Gasteiger charge is -2.32. The molecule has 4 rings (SSSR count). The topological polar surface area (TPSA) is 401 Å². The highest BCUT2D eigenvalue weighted by Gasteiger charge is 2.29. The molecule has 0 bridgehead atoms. The van der Waals surface area contributed by atoms with Gasteiger partial charge in [0.1, 0.15) is 29.2 Å². The first kappa shape index (κ1) is 70.7. The molecule has 1 heterocycles. The number of ether oxygens (including phenoxy) is 1. The van der Waals surface area contributed by atoms with Crippen molar-refractivity contribution in [3.63, 3.8) is 0 Å². The summed E-state index contributed by atoms with van der Waals surface area (Å²) in [7, 11) is 0. The van der Waals surface area contributed by atoms with Gasteiger partial charge in [-0.1, -0.05) is 49.4 Å². The van der Waals surface area contributed by atoms with Crippen molar-refractivity contribution in [3.05, 3.63) is 95.1 Å². The lowest BCUT2D eigenvalue weighted by Crippen LogP contribution is -2.50. The number of halogens is 2. The number of hydrogen-bond acceptors (Lipinski definition) is 16. The number of urea groups is 2. The lowest BCUT2D eigenvalue weighted by atomic mass is 9.90. The van der Waals surface area contributed by atoms with E-state index in [1.54, 1.807) is 81.1 Å². The van der Waals surface area contributed by atoms with Crippen molar-refractivity contribution in [1.29, 1.82) is 0 Å². The second-order valence-electron chi connectivity index (χ2n) is 20.0. The zero-order chi connectivity index (χ0) is 63.5. The van der Waals surface area contributed by atoms with Crippen LogP contribution < -0.4 is 53.2 Å². The predicted octanol–water partition coefficient (Wildman–Crippen LogP) is -0.495. The monoisotopic (exact) mass is 1230 g/mol. The molecule has 3 aromatic carbocycles. The van der Waals surface area contributed by atoms with Crippen LogP contribution in [-0.4, -0.2) is 230 Å². The maximum Gasteiger partial charge on any atom is 0.344 e. The zero-order valence-corrected chi connectivity index (χ0v) is 48.5. The number of unbranched alkanes of at least 4 members (excludes halogenated alkanes) is 1. The summed E-state index contributed by atoms with van der Waals surface area (Å²) in [6, 6.07) is 14.2. The Morgan fingerprint density at radius 2 is 1.15 bits per heavy atom. The SMILES string of the molecule is CCC(=O)NCCNC(=O)/N=C(/N)NCCC[C@@H](NC(=O)[C@H](c1ccccc1)c1cccc(OCCCCNC(=O)NOCCNC(=O)CN2CCN(CC(=O)O)CCN(CC(=O)O)CCN(CC(=O)O)CC2)c1)C(=O)NCc1c(F)cc(O)cc1F. The van der Waals surface area contributed by atoms with Crippen LogP contribution in [0, 0.1) is 11.6 Å². The number of aliphatic imine (C=N–C) groups is 1. The Morgan fingerprint density at radius 3 is 1.74 bits per heavy atom. The molecular weight excluding hydrogens is 1150 g/mol. The molecule has 14 N–H and O–H groups in total. The number of nitrogens with two attached hydrogens (primary N) is 1. The van der Waals surface area contributed by atoms with Crippen LogP contribution in [0.2, 0.25) is 0 Å². The van der Waals surface area contributed by atoms with Crippen molar-refractivity contribution in [2.75, 3.05) is 124 Å². The predicted molar refractivity (Wildman–Crippen MR) is 311 cm³/mol. The number of carboxylic acids is 3. The number of guanidine groups is 1. The average molecular weight is 1230 g/mol. The number of benzene rings is 3. The van der Waals surface area contributed by atoms with Gasteiger partial charge in [0.25, 0.3) is 0 Å². The van der Waals surface area contributed by atoms with Gasteiger partial charge in [-0.15, -0.1) is 0 Å². The first-order chi connectivity index (χ1) is 41.7. The summed E-state index contributed by atoms with van der Waals surface area (Å²) in [5.41, 5.74) is 8.67. The van der Waals surface area contributed by atoms with Crippen molar-refractivity contribution in [2.24, 2.45) is 10.7 Å². The fourth-order valence-electron chi connectivity index (χ4n) is 8.77. The number of nitrogens with one attached hydrogen (secondary N) is 8. The minimum atomic E-state index is -1.27. The number of phenols is 1. The third-order valence-electron chi connectivity index (χ3n) is 13.2. The van der Waals surface area contributed by atoms with Crippen molar-refractivity contribution < 1.29 is 81.9 Å². The first-order valence-corrected chi connectivity index (χ1v) is 28.3. The minimum absolute atomic E-state index is 0.0200. The van der Waals surface area contributed by atoms with E-state index in [2.05, 4.69) is 47.7 Å². The van der Waals surface area contributed by atoms with Gasteiger partial charge in [-0.25, -0.2) is 23.9 Å². The molecule has 1 saturated heterocycles. The van der Waals surface area contributed by atoms with Crippen molar-refractivity contribution >= 4 is 59.6 Å². The van der Waals surface area contributed by atoms with Gasteiger partial charge in [-0.05, 0) is 48.9 Å². The molecule has 0 spiro atoms. The number of carboxylic acid groups (broad SMARTS) is 3. The van der Waals surface area contributed by atoms with Crippen LogP contribution in [0.25, 0.3) is 0 Å². The summed E-state index contributed by atoms with van der Waals surface area (Å²) in [6.45, 7) is 2.77. The molecule has 2 atom stereocenters. The third kappa shape index (κ3) is 28.8. The second-order valence-corrected chi connectivity index (χ2v) is 20.0. The molecule has 29 nitrogen and oxygen atoms in total. The average Bonchev–Trinajstić information content (AvgIpc) is 3.67. The van der Waals surface area contributed by atoms with E-state index in [4.69, 9.17) is 15.3 Å². The molecule has 87 heavy (non-hydrogen) atoms. The Hall–Kier alpha value is -8.78. The fourth-order valence-corrected chi connectivity index (χ4v) is 8.77.